The number of hydrogen-bond acceptors (Lipinski definition) is 4. The van der Waals surface area contributed by atoms with Gasteiger partial charge in [0.25, 0.3) is 0 Å². The van der Waals surface area contributed by atoms with Gasteiger partial charge in [-0.2, -0.15) is 0 Å². The maximum Gasteiger partial charge on any atom is 0.303 e. The molecule has 0 bridgehead atoms. The van der Waals surface area contributed by atoms with Crippen molar-refractivity contribution in [2.75, 3.05) is 0 Å². The molecule has 29 heavy (non-hydrogen) atoms. The Balaban J connectivity index is 1.49. The number of rotatable bonds is 10. The zero-order valence-electron chi connectivity index (χ0n) is 16.9. The lowest BCUT2D eigenvalue weighted by Crippen LogP contribution is -2.22. The van der Waals surface area contributed by atoms with Crippen LogP contribution in [0.25, 0.3) is 0 Å². The second-order valence-corrected chi connectivity index (χ2v) is 8.59. The van der Waals surface area contributed by atoms with Crippen molar-refractivity contribution in [3.05, 3.63) is 47.5 Å². The van der Waals surface area contributed by atoms with Crippen LogP contribution in [0.4, 0.5) is 0 Å². The van der Waals surface area contributed by atoms with Gasteiger partial charge in [0.05, 0.1) is 12.2 Å². The molecule has 1 fully saturated rings. The average Bonchev–Trinajstić information content (AvgIpc) is 3.23. The lowest BCUT2D eigenvalue weighted by atomic mass is 9.87. The standard InChI is InChI=1S/C24H32O5/c25-21(18-13-16-7-5-6-8-17(16)14-18)12-11-20-19(22(26)15-23(20)27)9-3-1-2-4-10-24(28)29/h5-8,11-12,18-22,25-26H,1-4,9-10,13-15H2,(H,28,29)/b12-11+/t19-,20-,21-,22+/m1/s1. The van der Waals surface area contributed by atoms with Gasteiger partial charge in [-0.15, -0.1) is 0 Å². The van der Waals surface area contributed by atoms with E-state index in [0.29, 0.717) is 6.42 Å². The first-order valence-corrected chi connectivity index (χ1v) is 10.8. The van der Waals surface area contributed by atoms with Crippen LogP contribution in [0.3, 0.4) is 0 Å². The van der Waals surface area contributed by atoms with Crippen LogP contribution in [-0.4, -0.2) is 39.3 Å². The summed E-state index contributed by atoms with van der Waals surface area (Å²) in [6.07, 6.45) is 8.50. The Kier molecular flexibility index (Phi) is 7.62. The van der Waals surface area contributed by atoms with Gasteiger partial charge in [0.2, 0.25) is 0 Å². The largest absolute Gasteiger partial charge is 0.481 e. The molecule has 3 N–H and O–H groups in total. The summed E-state index contributed by atoms with van der Waals surface area (Å²) in [5.74, 6) is -1.02. The summed E-state index contributed by atoms with van der Waals surface area (Å²) in [4.78, 5) is 22.9. The molecule has 0 heterocycles. The molecule has 1 aromatic rings. The summed E-state index contributed by atoms with van der Waals surface area (Å²) in [6, 6.07) is 8.26. The Hall–Kier alpha value is -1.98. The van der Waals surface area contributed by atoms with Crippen LogP contribution in [-0.2, 0) is 22.4 Å². The minimum Gasteiger partial charge on any atom is -0.481 e. The number of aliphatic hydroxyl groups excluding tert-OH is 2. The molecule has 0 amide bonds. The predicted molar refractivity (Wildman–Crippen MR) is 110 cm³/mol. The summed E-state index contributed by atoms with van der Waals surface area (Å²) in [5, 5.41) is 29.6. The van der Waals surface area contributed by atoms with Crippen molar-refractivity contribution in [2.45, 2.75) is 70.0 Å². The number of carbonyl (C=O) groups excluding carboxylic acids is 1. The zero-order valence-corrected chi connectivity index (χ0v) is 16.9. The van der Waals surface area contributed by atoms with Crippen LogP contribution in [0.1, 0.15) is 56.1 Å². The van der Waals surface area contributed by atoms with Crippen LogP contribution in [0.2, 0.25) is 0 Å². The summed E-state index contributed by atoms with van der Waals surface area (Å²) in [5.41, 5.74) is 2.58. The lowest BCUT2D eigenvalue weighted by Gasteiger charge is -2.19. The van der Waals surface area contributed by atoms with Crippen LogP contribution in [0, 0.1) is 17.8 Å². The molecule has 3 rings (SSSR count). The Morgan fingerprint density at radius 3 is 2.38 bits per heavy atom. The second kappa shape index (κ2) is 10.2. The van der Waals surface area contributed by atoms with E-state index in [1.807, 2.05) is 18.2 Å². The molecule has 158 valence electrons. The van der Waals surface area contributed by atoms with Gasteiger partial charge in [0, 0.05) is 18.8 Å². The molecule has 1 saturated carbocycles. The maximum absolute atomic E-state index is 12.4. The number of carboxylic acid groups (broad SMARTS) is 1. The van der Waals surface area contributed by atoms with E-state index in [1.165, 1.54) is 11.1 Å². The monoisotopic (exact) mass is 400 g/mol. The molecule has 1 aromatic carbocycles. The van der Waals surface area contributed by atoms with Crippen molar-refractivity contribution in [1.29, 1.82) is 0 Å². The van der Waals surface area contributed by atoms with Gasteiger partial charge in [-0.05, 0) is 48.6 Å². The number of ketones is 1. The Morgan fingerprint density at radius 2 is 1.72 bits per heavy atom. The number of allylic oxidation sites excluding steroid dienone is 1. The van der Waals surface area contributed by atoms with Crippen molar-refractivity contribution < 1.29 is 24.9 Å². The number of carboxylic acids is 1. The van der Waals surface area contributed by atoms with Crippen molar-refractivity contribution in [3.63, 3.8) is 0 Å². The van der Waals surface area contributed by atoms with E-state index in [-0.39, 0.29) is 36.4 Å². The minimum atomic E-state index is -0.768. The summed E-state index contributed by atoms with van der Waals surface area (Å²) in [6.45, 7) is 0. The summed E-state index contributed by atoms with van der Waals surface area (Å²) < 4.78 is 0. The first-order valence-electron chi connectivity index (χ1n) is 10.8. The summed E-state index contributed by atoms with van der Waals surface area (Å²) >= 11 is 0. The fourth-order valence-corrected chi connectivity index (χ4v) is 4.83. The normalized spacial score (nSPS) is 25.6. The SMILES string of the molecule is O=C(O)CCCCCC[C@H]1[C@@H](O)CC(=O)[C@@H]1/C=C/[C@@H](O)C1Cc2ccccc2C1. The minimum absolute atomic E-state index is 0.0477. The first kappa shape index (κ1) is 21.7. The number of fused-ring (bicyclic) bond motifs is 1. The van der Waals surface area contributed by atoms with Crippen LogP contribution in [0.15, 0.2) is 36.4 Å². The third kappa shape index (κ3) is 5.77. The highest BCUT2D eigenvalue weighted by Crippen LogP contribution is 2.35. The van der Waals surface area contributed by atoms with Gasteiger partial charge in [0.15, 0.2) is 0 Å². The molecule has 0 aromatic heterocycles. The number of aliphatic carboxylic acids is 1. The van der Waals surface area contributed by atoms with E-state index in [2.05, 4.69) is 12.1 Å². The topological polar surface area (TPSA) is 94.8 Å². The highest BCUT2D eigenvalue weighted by atomic mass is 16.4. The average molecular weight is 401 g/mol. The van der Waals surface area contributed by atoms with Gasteiger partial charge in [-0.25, -0.2) is 0 Å². The van der Waals surface area contributed by atoms with Crippen LogP contribution >= 0.6 is 0 Å². The summed E-state index contributed by atoms with van der Waals surface area (Å²) in [7, 11) is 0. The molecular weight excluding hydrogens is 368 g/mol. The number of unbranched alkanes of at least 4 members (excludes halogenated alkanes) is 3. The number of hydrogen-bond donors (Lipinski definition) is 3. The molecule has 5 heteroatoms. The zero-order chi connectivity index (χ0) is 20.8. The fraction of sp³-hybridized carbons (Fsp3) is 0.583. The molecule has 0 radical (unpaired) electrons. The van der Waals surface area contributed by atoms with Crippen LogP contribution < -0.4 is 0 Å². The Labute approximate surface area is 172 Å². The number of benzene rings is 1. The van der Waals surface area contributed by atoms with Crippen molar-refractivity contribution in [1.82, 2.24) is 0 Å². The van der Waals surface area contributed by atoms with Gasteiger partial charge in [-0.3, -0.25) is 9.59 Å². The van der Waals surface area contributed by atoms with Gasteiger partial charge in [0.1, 0.15) is 5.78 Å². The molecule has 0 aliphatic heterocycles. The third-order valence-electron chi connectivity index (χ3n) is 6.50. The molecule has 2 aliphatic carbocycles. The van der Waals surface area contributed by atoms with Crippen LogP contribution in [0.5, 0.6) is 0 Å². The quantitative estimate of drug-likeness (QED) is 0.414. The molecule has 4 atom stereocenters. The Morgan fingerprint density at radius 1 is 1.07 bits per heavy atom. The second-order valence-electron chi connectivity index (χ2n) is 8.59. The van der Waals surface area contributed by atoms with E-state index in [1.54, 1.807) is 6.08 Å². The molecule has 5 nitrogen and oxygen atoms in total. The number of Topliss-reactive ketones (excluding diaryl/α,β-unsaturated/α-hetero) is 1. The number of carbonyl (C=O) groups is 2. The first-order chi connectivity index (χ1) is 14.0. The van der Waals surface area contributed by atoms with E-state index in [0.717, 1.165) is 38.5 Å². The van der Waals surface area contributed by atoms with E-state index < -0.39 is 18.2 Å². The fourth-order valence-electron chi connectivity index (χ4n) is 4.83. The van der Waals surface area contributed by atoms with E-state index >= 15 is 0 Å². The highest BCUT2D eigenvalue weighted by molar-refractivity contribution is 5.86. The van der Waals surface area contributed by atoms with Gasteiger partial charge in [-0.1, -0.05) is 55.7 Å². The van der Waals surface area contributed by atoms with Crippen molar-refractivity contribution >= 4 is 11.8 Å². The Bertz CT molecular complexity index is 716. The van der Waals surface area contributed by atoms with Crippen molar-refractivity contribution in [3.8, 4) is 0 Å². The predicted octanol–water partition coefficient (Wildman–Crippen LogP) is 3.31. The van der Waals surface area contributed by atoms with E-state index in [9.17, 15) is 19.8 Å². The lowest BCUT2D eigenvalue weighted by molar-refractivity contribution is -0.137. The van der Waals surface area contributed by atoms with Crippen molar-refractivity contribution in [2.24, 2.45) is 17.8 Å². The molecule has 2 aliphatic rings. The molecular formula is C24H32O5. The third-order valence-corrected chi connectivity index (χ3v) is 6.50. The maximum atomic E-state index is 12.4. The molecule has 0 spiro atoms. The van der Waals surface area contributed by atoms with Gasteiger partial charge < -0.3 is 15.3 Å². The highest BCUT2D eigenvalue weighted by Gasteiger charge is 2.39. The number of aliphatic hydroxyl groups is 2. The molecule has 0 saturated heterocycles. The van der Waals surface area contributed by atoms with Gasteiger partial charge >= 0.3 is 5.97 Å². The smallest absolute Gasteiger partial charge is 0.303 e. The van der Waals surface area contributed by atoms with E-state index in [4.69, 9.17) is 5.11 Å². The molecule has 0 unspecified atom stereocenters.